The van der Waals surface area contributed by atoms with Crippen LogP contribution in [0.3, 0.4) is 0 Å². The van der Waals surface area contributed by atoms with Crippen molar-refractivity contribution in [1.29, 1.82) is 0 Å². The van der Waals surface area contributed by atoms with Crippen LogP contribution in [0.2, 0.25) is 5.28 Å². The summed E-state index contributed by atoms with van der Waals surface area (Å²) in [5.41, 5.74) is 1.20. The minimum absolute atomic E-state index is 0.00504. The van der Waals surface area contributed by atoms with Crippen LogP contribution in [0.5, 0.6) is 6.01 Å². The van der Waals surface area contributed by atoms with Gasteiger partial charge in [0.05, 0.1) is 6.10 Å². The van der Waals surface area contributed by atoms with Crippen molar-refractivity contribution < 1.29 is 4.74 Å². The smallest absolute Gasteiger partial charge is 0.321 e. The van der Waals surface area contributed by atoms with Gasteiger partial charge in [0, 0.05) is 5.75 Å². The highest BCUT2D eigenvalue weighted by atomic mass is 35.5. The number of hydrogen-bond acceptors (Lipinski definition) is 5. The number of nitrogens with zero attached hydrogens (tertiary/aromatic N) is 3. The number of thioether (sulfide) groups is 1. The summed E-state index contributed by atoms with van der Waals surface area (Å²) in [4.78, 5) is 12.2. The van der Waals surface area contributed by atoms with Crippen LogP contribution in [0.1, 0.15) is 19.4 Å². The summed E-state index contributed by atoms with van der Waals surface area (Å²) in [6.45, 7) is 3.82. The standard InChI is InChI=1S/C13H14ClN3OS/c1-9(2)18-12-15-11(14)16-13(17-12)19-8-10-6-4-3-5-7-10/h3-7,9H,8H2,1-2H3. The van der Waals surface area contributed by atoms with Gasteiger partial charge >= 0.3 is 6.01 Å². The third kappa shape index (κ3) is 4.69. The lowest BCUT2D eigenvalue weighted by Crippen LogP contribution is -2.09. The number of rotatable bonds is 5. The van der Waals surface area contributed by atoms with Gasteiger partial charge < -0.3 is 4.74 Å². The largest absolute Gasteiger partial charge is 0.461 e. The third-order valence-electron chi connectivity index (χ3n) is 2.12. The molecule has 1 aromatic heterocycles. The van der Waals surface area contributed by atoms with E-state index in [1.54, 1.807) is 0 Å². The van der Waals surface area contributed by atoms with E-state index in [1.165, 1.54) is 17.3 Å². The van der Waals surface area contributed by atoms with Gasteiger partial charge in [-0.2, -0.15) is 15.0 Å². The maximum Gasteiger partial charge on any atom is 0.321 e. The first kappa shape index (κ1) is 14.1. The SMILES string of the molecule is CC(C)Oc1nc(Cl)nc(SCc2ccccc2)n1. The Hall–Kier alpha value is -1.33. The zero-order valence-electron chi connectivity index (χ0n) is 10.7. The quantitative estimate of drug-likeness (QED) is 0.789. The molecular weight excluding hydrogens is 282 g/mol. The predicted molar refractivity (Wildman–Crippen MR) is 76.6 cm³/mol. The Morgan fingerprint density at radius 1 is 1.16 bits per heavy atom. The summed E-state index contributed by atoms with van der Waals surface area (Å²) in [6, 6.07) is 10.4. The first-order chi connectivity index (χ1) is 9.13. The third-order valence-corrected chi connectivity index (χ3v) is 3.21. The Morgan fingerprint density at radius 3 is 2.58 bits per heavy atom. The molecule has 0 saturated heterocycles. The molecule has 100 valence electrons. The molecule has 6 heteroatoms. The van der Waals surface area contributed by atoms with Crippen molar-refractivity contribution in [2.24, 2.45) is 0 Å². The van der Waals surface area contributed by atoms with E-state index in [0.717, 1.165) is 5.75 Å². The number of halogens is 1. The van der Waals surface area contributed by atoms with Crippen LogP contribution in [0, 0.1) is 0 Å². The fraction of sp³-hybridized carbons (Fsp3) is 0.308. The molecule has 19 heavy (non-hydrogen) atoms. The molecule has 0 spiro atoms. The first-order valence-corrected chi connectivity index (χ1v) is 7.25. The Kier molecular flexibility index (Phi) is 4.99. The lowest BCUT2D eigenvalue weighted by atomic mass is 10.2. The normalized spacial score (nSPS) is 10.7. The number of aromatic nitrogens is 3. The molecule has 0 aliphatic heterocycles. The minimum Gasteiger partial charge on any atom is -0.461 e. The van der Waals surface area contributed by atoms with Crippen molar-refractivity contribution in [3.63, 3.8) is 0 Å². The molecule has 0 atom stereocenters. The Labute approximate surface area is 121 Å². The molecule has 4 nitrogen and oxygen atoms in total. The highest BCUT2D eigenvalue weighted by Crippen LogP contribution is 2.22. The maximum absolute atomic E-state index is 5.86. The van der Waals surface area contributed by atoms with Gasteiger partial charge in [0.1, 0.15) is 0 Å². The van der Waals surface area contributed by atoms with E-state index in [4.69, 9.17) is 16.3 Å². The second-order valence-electron chi connectivity index (χ2n) is 4.11. The predicted octanol–water partition coefficient (Wildman–Crippen LogP) is 3.60. The molecule has 0 bridgehead atoms. The van der Waals surface area contributed by atoms with Crippen LogP contribution in [-0.2, 0) is 5.75 Å². The van der Waals surface area contributed by atoms with Gasteiger partial charge in [-0.25, -0.2) is 0 Å². The van der Waals surface area contributed by atoms with Gasteiger partial charge in [-0.15, -0.1) is 0 Å². The van der Waals surface area contributed by atoms with Crippen LogP contribution < -0.4 is 4.74 Å². The summed E-state index contributed by atoms with van der Waals surface area (Å²) in [5.74, 6) is 0.780. The molecule has 0 fully saturated rings. The number of ether oxygens (including phenoxy) is 1. The zero-order valence-corrected chi connectivity index (χ0v) is 12.3. The average Bonchev–Trinajstić information content (AvgIpc) is 2.36. The van der Waals surface area contributed by atoms with Crippen LogP contribution >= 0.6 is 23.4 Å². The van der Waals surface area contributed by atoms with Crippen molar-refractivity contribution in [3.05, 3.63) is 41.2 Å². The van der Waals surface area contributed by atoms with E-state index < -0.39 is 0 Å². The van der Waals surface area contributed by atoms with E-state index in [2.05, 4.69) is 27.1 Å². The second-order valence-corrected chi connectivity index (χ2v) is 5.39. The lowest BCUT2D eigenvalue weighted by Gasteiger charge is -2.08. The molecular formula is C13H14ClN3OS. The average molecular weight is 296 g/mol. The Bertz CT molecular complexity index is 537. The van der Waals surface area contributed by atoms with Crippen LogP contribution in [0.25, 0.3) is 0 Å². The molecule has 0 saturated carbocycles. The number of hydrogen-bond donors (Lipinski definition) is 0. The fourth-order valence-electron chi connectivity index (χ4n) is 1.36. The monoisotopic (exact) mass is 295 g/mol. The van der Waals surface area contributed by atoms with E-state index in [9.17, 15) is 0 Å². The highest BCUT2D eigenvalue weighted by Gasteiger charge is 2.08. The van der Waals surface area contributed by atoms with E-state index >= 15 is 0 Å². The number of benzene rings is 1. The second kappa shape index (κ2) is 6.73. The molecule has 0 unspecified atom stereocenters. The Balaban J connectivity index is 2.05. The summed E-state index contributed by atoms with van der Waals surface area (Å²) in [7, 11) is 0. The zero-order chi connectivity index (χ0) is 13.7. The van der Waals surface area contributed by atoms with Crippen molar-refractivity contribution in [1.82, 2.24) is 15.0 Å². The molecule has 1 heterocycles. The van der Waals surface area contributed by atoms with Gasteiger partial charge in [0.2, 0.25) is 5.28 Å². The Morgan fingerprint density at radius 2 is 1.89 bits per heavy atom. The van der Waals surface area contributed by atoms with Crippen LogP contribution in [0.15, 0.2) is 35.5 Å². The molecule has 0 aliphatic carbocycles. The minimum atomic E-state index is 0.00504. The van der Waals surface area contributed by atoms with Crippen LogP contribution in [0.4, 0.5) is 0 Å². The molecule has 0 radical (unpaired) electrons. The molecule has 2 aromatic rings. The molecule has 1 aromatic carbocycles. The topological polar surface area (TPSA) is 47.9 Å². The summed E-state index contributed by atoms with van der Waals surface area (Å²) in [6.07, 6.45) is 0.00504. The lowest BCUT2D eigenvalue weighted by molar-refractivity contribution is 0.219. The molecule has 0 aliphatic rings. The fourth-order valence-corrected chi connectivity index (χ4v) is 2.35. The summed E-state index contributed by atoms with van der Waals surface area (Å²) < 4.78 is 5.43. The molecule has 0 N–H and O–H groups in total. The maximum atomic E-state index is 5.86. The van der Waals surface area contributed by atoms with Crippen molar-refractivity contribution in [3.8, 4) is 6.01 Å². The van der Waals surface area contributed by atoms with Crippen molar-refractivity contribution >= 4 is 23.4 Å². The van der Waals surface area contributed by atoms with E-state index in [-0.39, 0.29) is 17.4 Å². The highest BCUT2D eigenvalue weighted by molar-refractivity contribution is 7.98. The van der Waals surface area contributed by atoms with E-state index in [1.807, 2.05) is 32.0 Å². The van der Waals surface area contributed by atoms with Crippen LogP contribution in [-0.4, -0.2) is 21.1 Å². The molecule has 0 amide bonds. The van der Waals surface area contributed by atoms with Crippen molar-refractivity contribution in [2.75, 3.05) is 0 Å². The van der Waals surface area contributed by atoms with Gasteiger partial charge in [-0.3, -0.25) is 0 Å². The van der Waals surface area contributed by atoms with Gasteiger partial charge in [0.15, 0.2) is 5.16 Å². The summed E-state index contributed by atoms with van der Waals surface area (Å²) in [5, 5.41) is 0.723. The van der Waals surface area contributed by atoms with E-state index in [0.29, 0.717) is 5.16 Å². The molecule has 2 rings (SSSR count). The van der Waals surface area contributed by atoms with Gasteiger partial charge in [-0.1, -0.05) is 42.1 Å². The first-order valence-electron chi connectivity index (χ1n) is 5.88. The van der Waals surface area contributed by atoms with Gasteiger partial charge in [-0.05, 0) is 31.0 Å². The van der Waals surface area contributed by atoms with Crippen molar-refractivity contribution in [2.45, 2.75) is 30.9 Å². The van der Waals surface area contributed by atoms with Gasteiger partial charge in [0.25, 0.3) is 0 Å². The summed E-state index contributed by atoms with van der Waals surface area (Å²) >= 11 is 7.36.